The summed E-state index contributed by atoms with van der Waals surface area (Å²) in [5, 5.41) is 32.6. The van der Waals surface area contributed by atoms with Gasteiger partial charge in [-0.05, 0) is 60.2 Å². The summed E-state index contributed by atoms with van der Waals surface area (Å²) in [7, 11) is 1.44. The molecule has 0 spiro atoms. The summed E-state index contributed by atoms with van der Waals surface area (Å²) in [5.74, 6) is -2.46. The number of phenols is 2. The molecule has 18 nitrogen and oxygen atoms in total. The third-order valence-electron chi connectivity index (χ3n) is 10.8. The molecule has 1 fully saturated rings. The van der Waals surface area contributed by atoms with E-state index in [0.29, 0.717) is 61.3 Å². The molecule has 324 valence electrons. The van der Waals surface area contributed by atoms with E-state index in [2.05, 4.69) is 30.8 Å². The fraction of sp³-hybridized carbons (Fsp3) is 0.326. The van der Waals surface area contributed by atoms with E-state index >= 15 is 4.39 Å². The van der Waals surface area contributed by atoms with Gasteiger partial charge in [0.25, 0.3) is 11.8 Å². The second-order valence-electron chi connectivity index (χ2n) is 15.1. The zero-order valence-corrected chi connectivity index (χ0v) is 34.6. The highest BCUT2D eigenvalue weighted by atomic mass is 19.1. The maximum absolute atomic E-state index is 15.6. The smallest absolute Gasteiger partial charge is 0.348 e. The van der Waals surface area contributed by atoms with Gasteiger partial charge in [-0.3, -0.25) is 24.1 Å². The number of phenolic OH excluding ortho intramolecular Hbond substituents is 2. The average Bonchev–Trinajstić information content (AvgIpc) is 3.65. The molecular formula is C43H47FN10O8. The van der Waals surface area contributed by atoms with Crippen LogP contribution in [-0.2, 0) is 27.5 Å². The van der Waals surface area contributed by atoms with Crippen LogP contribution in [0.25, 0.3) is 17.1 Å². The van der Waals surface area contributed by atoms with E-state index in [4.69, 9.17) is 0 Å². The number of likely N-dealkylation sites (N-methyl/N-ethyl adjacent to an activating group) is 1. The monoisotopic (exact) mass is 850 g/mol. The van der Waals surface area contributed by atoms with Gasteiger partial charge < -0.3 is 35.4 Å². The minimum atomic E-state index is -0.904. The average molecular weight is 851 g/mol. The van der Waals surface area contributed by atoms with Crippen LogP contribution in [0.15, 0.2) is 65.7 Å². The van der Waals surface area contributed by atoms with E-state index < -0.39 is 35.3 Å². The lowest BCUT2D eigenvalue weighted by Crippen LogP contribution is -2.48. The van der Waals surface area contributed by atoms with Crippen molar-refractivity contribution in [3.63, 3.8) is 0 Å². The Morgan fingerprint density at radius 2 is 1.71 bits per heavy atom. The number of carbonyl (C=O) groups is 5. The van der Waals surface area contributed by atoms with Crippen molar-refractivity contribution in [3.05, 3.63) is 111 Å². The van der Waals surface area contributed by atoms with Crippen LogP contribution >= 0.6 is 0 Å². The van der Waals surface area contributed by atoms with Gasteiger partial charge in [-0.1, -0.05) is 32.0 Å². The van der Waals surface area contributed by atoms with Crippen molar-refractivity contribution in [1.82, 2.24) is 44.7 Å². The molecule has 19 heteroatoms. The number of halogens is 1. The quantitative estimate of drug-likeness (QED) is 0.0901. The van der Waals surface area contributed by atoms with Crippen LogP contribution in [0.2, 0.25) is 0 Å². The Morgan fingerprint density at radius 3 is 2.35 bits per heavy atom. The van der Waals surface area contributed by atoms with E-state index in [-0.39, 0.29) is 71.8 Å². The largest absolute Gasteiger partial charge is 0.508 e. The molecular weight excluding hydrogens is 804 g/mol. The third-order valence-corrected chi connectivity index (χ3v) is 10.8. The number of piperazine rings is 1. The normalized spacial score (nSPS) is 13.4. The predicted molar refractivity (Wildman–Crippen MR) is 224 cm³/mol. The van der Waals surface area contributed by atoms with Crippen molar-refractivity contribution in [3.8, 4) is 28.6 Å². The Balaban J connectivity index is 1.06. The van der Waals surface area contributed by atoms with Gasteiger partial charge in [-0.15, -0.1) is 0 Å². The minimum absolute atomic E-state index is 0.0270. The molecule has 1 saturated heterocycles. The summed E-state index contributed by atoms with van der Waals surface area (Å²) in [4.78, 5) is 88.5. The van der Waals surface area contributed by atoms with Crippen LogP contribution in [-0.4, -0.2) is 119 Å². The molecule has 6 rings (SSSR count). The Kier molecular flexibility index (Phi) is 13.9. The first-order valence-corrected chi connectivity index (χ1v) is 19.9. The van der Waals surface area contributed by atoms with Crippen LogP contribution in [0.5, 0.6) is 11.5 Å². The summed E-state index contributed by atoms with van der Waals surface area (Å²) in [5.41, 5.74) is 2.26. The molecule has 5 aromatic rings. The van der Waals surface area contributed by atoms with Crippen LogP contribution in [0, 0.1) is 12.7 Å². The SMILES string of the molecule is CNC(=O)C(CCC=O)N(C=O)Cc1c(C)cccc1NC(=O)c1cnc(C(=O)N2CCN(Cc3ccc(-n4c(-c5cc(C(C)C)c(O)cc5O)n[nH]c4=O)cc3F)CC2)cn1. The van der Waals surface area contributed by atoms with E-state index in [1.165, 1.54) is 36.5 Å². The lowest BCUT2D eigenvalue weighted by atomic mass is 9.98. The van der Waals surface area contributed by atoms with Gasteiger partial charge in [0.1, 0.15) is 41.0 Å². The number of amides is 4. The first kappa shape index (κ1) is 44.3. The summed E-state index contributed by atoms with van der Waals surface area (Å²) in [6.45, 7) is 7.20. The van der Waals surface area contributed by atoms with E-state index in [1.807, 2.05) is 18.7 Å². The number of carbonyl (C=O) groups excluding carboxylic acids is 5. The lowest BCUT2D eigenvalue weighted by molar-refractivity contribution is -0.133. The number of H-pyrrole nitrogens is 1. The number of anilines is 1. The molecule has 0 bridgehead atoms. The third kappa shape index (κ3) is 9.68. The molecule has 0 radical (unpaired) electrons. The fourth-order valence-electron chi connectivity index (χ4n) is 7.28. The number of aryl methyl sites for hydroxylation is 1. The molecule has 1 atom stereocenters. The molecule has 4 amide bonds. The molecule has 0 saturated carbocycles. The van der Waals surface area contributed by atoms with Crippen LogP contribution in [0.1, 0.15) is 75.8 Å². The van der Waals surface area contributed by atoms with E-state index in [1.54, 1.807) is 48.2 Å². The number of benzene rings is 3. The maximum atomic E-state index is 15.6. The molecule has 1 unspecified atom stereocenters. The van der Waals surface area contributed by atoms with Crippen molar-refractivity contribution in [2.24, 2.45) is 0 Å². The molecule has 62 heavy (non-hydrogen) atoms. The molecule has 1 aliphatic rings. The number of aromatic nitrogens is 5. The Hall–Kier alpha value is -7.28. The van der Waals surface area contributed by atoms with Crippen molar-refractivity contribution in [1.29, 1.82) is 0 Å². The highest BCUT2D eigenvalue weighted by Gasteiger charge is 2.27. The first-order chi connectivity index (χ1) is 29.7. The topological polar surface area (TPSA) is 236 Å². The van der Waals surface area contributed by atoms with E-state index in [0.717, 1.165) is 10.1 Å². The van der Waals surface area contributed by atoms with Crippen LogP contribution < -0.4 is 16.3 Å². The Morgan fingerprint density at radius 1 is 0.984 bits per heavy atom. The highest BCUT2D eigenvalue weighted by Crippen LogP contribution is 2.37. The molecule has 5 N–H and O–H groups in total. The highest BCUT2D eigenvalue weighted by molar-refractivity contribution is 6.03. The number of aromatic amines is 1. The predicted octanol–water partition coefficient (Wildman–Crippen LogP) is 3.26. The lowest BCUT2D eigenvalue weighted by Gasteiger charge is -2.34. The Bertz CT molecular complexity index is 2530. The second kappa shape index (κ2) is 19.4. The standard InChI is InChI=1S/C43H47FN10O8/c1-25(2)29-18-30(38(58)19-37(29)57)39-49-50-43(62)54(39)28-11-10-27(32(44)17-28)22-51-12-14-52(15-13-51)42(61)35-21-46-34(20-47-35)40(59)48-33-8-5-7-26(3)31(33)23-53(24-56)36(9-6-16-55)41(60)45-4/h5,7-8,10-11,16-21,24-25,36,57-58H,6,9,12-15,22-23H2,1-4H3,(H,45,60)(H,48,59)(H,50,62). The van der Waals surface area contributed by atoms with Gasteiger partial charge >= 0.3 is 5.69 Å². The fourth-order valence-corrected chi connectivity index (χ4v) is 7.28. The van der Waals surface area contributed by atoms with Crippen LogP contribution in [0.4, 0.5) is 10.1 Å². The number of nitrogens with one attached hydrogen (secondary N) is 3. The molecule has 3 heterocycles. The molecule has 0 aliphatic carbocycles. The number of hydrogen-bond acceptors (Lipinski definition) is 12. The minimum Gasteiger partial charge on any atom is -0.508 e. The van der Waals surface area contributed by atoms with Gasteiger partial charge in [0.2, 0.25) is 12.3 Å². The van der Waals surface area contributed by atoms with Crippen molar-refractivity contribution in [2.45, 2.75) is 58.7 Å². The van der Waals surface area contributed by atoms with Gasteiger partial charge in [-0.2, -0.15) is 5.10 Å². The molecule has 3 aromatic carbocycles. The van der Waals surface area contributed by atoms with E-state index in [9.17, 15) is 39.0 Å². The zero-order valence-electron chi connectivity index (χ0n) is 34.6. The second-order valence-corrected chi connectivity index (χ2v) is 15.1. The zero-order chi connectivity index (χ0) is 44.7. The van der Waals surface area contributed by atoms with Crippen molar-refractivity contribution < 1.29 is 38.6 Å². The van der Waals surface area contributed by atoms with Gasteiger partial charge in [0.05, 0.1) is 23.6 Å². The number of aldehydes is 1. The van der Waals surface area contributed by atoms with Crippen molar-refractivity contribution >= 4 is 36.1 Å². The number of aromatic hydroxyl groups is 2. The summed E-state index contributed by atoms with van der Waals surface area (Å²) >= 11 is 0. The van der Waals surface area contributed by atoms with Crippen LogP contribution in [0.3, 0.4) is 0 Å². The maximum Gasteiger partial charge on any atom is 0.348 e. The summed E-state index contributed by atoms with van der Waals surface area (Å²) < 4.78 is 16.8. The number of hydrogen-bond donors (Lipinski definition) is 5. The molecule has 1 aliphatic heterocycles. The van der Waals surface area contributed by atoms with Gasteiger partial charge in [0.15, 0.2) is 5.82 Å². The van der Waals surface area contributed by atoms with Gasteiger partial charge in [-0.25, -0.2) is 28.8 Å². The van der Waals surface area contributed by atoms with Crippen molar-refractivity contribution in [2.75, 3.05) is 38.5 Å². The number of rotatable bonds is 16. The first-order valence-electron chi connectivity index (χ1n) is 19.9. The molecule has 2 aromatic heterocycles. The summed E-state index contributed by atoms with van der Waals surface area (Å²) in [6.07, 6.45) is 3.81. The number of nitrogens with zero attached hydrogens (tertiary/aromatic N) is 7. The summed E-state index contributed by atoms with van der Waals surface area (Å²) in [6, 6.07) is 11.3. The van der Waals surface area contributed by atoms with Gasteiger partial charge in [0, 0.05) is 70.1 Å². The Labute approximate surface area is 355 Å².